The highest BCUT2D eigenvalue weighted by Gasteiger charge is 2.31. The van der Waals surface area contributed by atoms with E-state index in [0.717, 1.165) is 25.1 Å². The molecular formula is C14H21N3O2. The van der Waals surface area contributed by atoms with E-state index in [0.29, 0.717) is 18.5 Å². The van der Waals surface area contributed by atoms with Crippen LogP contribution in [0, 0.1) is 16.0 Å². The molecule has 5 heteroatoms. The van der Waals surface area contributed by atoms with Crippen molar-refractivity contribution in [3.63, 3.8) is 0 Å². The zero-order chi connectivity index (χ0) is 13.8. The number of benzene rings is 1. The lowest BCUT2D eigenvalue weighted by molar-refractivity contribution is -0.384. The van der Waals surface area contributed by atoms with E-state index in [1.165, 1.54) is 12.5 Å². The minimum absolute atomic E-state index is 0.151. The number of anilines is 1. The third-order valence-electron chi connectivity index (χ3n) is 4.03. The fraction of sp³-hybridized carbons (Fsp3) is 0.571. The smallest absolute Gasteiger partial charge is 0.271 e. The van der Waals surface area contributed by atoms with Gasteiger partial charge in [0.1, 0.15) is 0 Å². The molecule has 2 atom stereocenters. The number of nitrogens with two attached hydrogens (primary N) is 1. The van der Waals surface area contributed by atoms with Crippen LogP contribution < -0.4 is 10.6 Å². The van der Waals surface area contributed by atoms with Gasteiger partial charge in [-0.25, -0.2) is 0 Å². The van der Waals surface area contributed by atoms with Crippen molar-refractivity contribution in [3.8, 4) is 0 Å². The van der Waals surface area contributed by atoms with Gasteiger partial charge >= 0.3 is 0 Å². The molecule has 19 heavy (non-hydrogen) atoms. The van der Waals surface area contributed by atoms with Gasteiger partial charge < -0.3 is 10.6 Å². The molecule has 1 fully saturated rings. The maximum Gasteiger partial charge on any atom is 0.271 e. The topological polar surface area (TPSA) is 72.4 Å². The zero-order valence-corrected chi connectivity index (χ0v) is 11.3. The second kappa shape index (κ2) is 6.02. The van der Waals surface area contributed by atoms with Crippen LogP contribution >= 0.6 is 0 Å². The highest BCUT2D eigenvalue weighted by molar-refractivity contribution is 5.54. The number of nitro benzene ring substituents is 1. The molecule has 0 spiro atoms. The van der Waals surface area contributed by atoms with Crippen molar-refractivity contribution in [2.45, 2.75) is 32.2 Å². The Morgan fingerprint density at radius 3 is 2.89 bits per heavy atom. The second-order valence-corrected chi connectivity index (χ2v) is 5.06. The van der Waals surface area contributed by atoms with Crippen molar-refractivity contribution in [3.05, 3.63) is 34.4 Å². The van der Waals surface area contributed by atoms with Crippen LogP contribution in [-0.2, 0) is 0 Å². The Morgan fingerprint density at radius 1 is 1.47 bits per heavy atom. The van der Waals surface area contributed by atoms with E-state index in [-0.39, 0.29) is 10.6 Å². The predicted octanol–water partition coefficient (Wildman–Crippen LogP) is 2.55. The molecule has 5 nitrogen and oxygen atoms in total. The lowest BCUT2D eigenvalue weighted by Crippen LogP contribution is -2.40. The molecule has 1 aromatic carbocycles. The lowest BCUT2D eigenvalue weighted by Gasteiger charge is -2.33. The fourth-order valence-electron chi connectivity index (χ4n) is 3.10. The monoisotopic (exact) mass is 263 g/mol. The molecule has 0 bridgehead atoms. The summed E-state index contributed by atoms with van der Waals surface area (Å²) < 4.78 is 0. The number of nitrogens with zero attached hydrogens (tertiary/aromatic N) is 2. The van der Waals surface area contributed by atoms with Crippen molar-refractivity contribution in [1.82, 2.24) is 0 Å². The Labute approximate surface area is 113 Å². The SMILES string of the molecule is CCN(c1cccc([N+](=O)[O-])c1)C1CCCC1CN. The van der Waals surface area contributed by atoms with Crippen LogP contribution in [0.3, 0.4) is 0 Å². The van der Waals surface area contributed by atoms with Gasteiger partial charge in [0.05, 0.1) is 4.92 Å². The van der Waals surface area contributed by atoms with Gasteiger partial charge in [-0.15, -0.1) is 0 Å². The highest BCUT2D eigenvalue weighted by atomic mass is 16.6. The molecule has 1 aromatic rings. The van der Waals surface area contributed by atoms with Crippen molar-refractivity contribution in [2.75, 3.05) is 18.0 Å². The number of nitro groups is 1. The zero-order valence-electron chi connectivity index (χ0n) is 11.3. The van der Waals surface area contributed by atoms with Crippen LogP contribution in [-0.4, -0.2) is 24.1 Å². The van der Waals surface area contributed by atoms with Crippen LogP contribution in [0.5, 0.6) is 0 Å². The van der Waals surface area contributed by atoms with E-state index in [9.17, 15) is 10.1 Å². The first-order valence-electron chi connectivity index (χ1n) is 6.88. The molecule has 104 valence electrons. The van der Waals surface area contributed by atoms with Gasteiger partial charge in [0.2, 0.25) is 0 Å². The second-order valence-electron chi connectivity index (χ2n) is 5.06. The maximum atomic E-state index is 10.9. The van der Waals surface area contributed by atoms with E-state index in [4.69, 9.17) is 5.73 Å². The van der Waals surface area contributed by atoms with Gasteiger partial charge in [0.15, 0.2) is 0 Å². The van der Waals surface area contributed by atoms with Crippen LogP contribution in [0.1, 0.15) is 26.2 Å². The van der Waals surface area contributed by atoms with Crippen molar-refractivity contribution < 1.29 is 4.92 Å². The third kappa shape index (κ3) is 2.87. The van der Waals surface area contributed by atoms with Crippen LogP contribution in [0.15, 0.2) is 24.3 Å². The number of rotatable bonds is 5. The first-order valence-corrected chi connectivity index (χ1v) is 6.88. The Balaban J connectivity index is 2.26. The van der Waals surface area contributed by atoms with Gasteiger partial charge in [-0.3, -0.25) is 10.1 Å². The van der Waals surface area contributed by atoms with E-state index in [1.807, 2.05) is 6.07 Å². The molecule has 0 radical (unpaired) electrons. The first kappa shape index (κ1) is 13.8. The summed E-state index contributed by atoms with van der Waals surface area (Å²) >= 11 is 0. The number of non-ortho nitro benzene ring substituents is 1. The van der Waals surface area contributed by atoms with Gasteiger partial charge in [-0.2, -0.15) is 0 Å². The summed E-state index contributed by atoms with van der Waals surface area (Å²) in [7, 11) is 0. The van der Waals surface area contributed by atoms with Gasteiger partial charge in [-0.05, 0) is 38.3 Å². The average Bonchev–Trinajstić information content (AvgIpc) is 2.88. The Bertz CT molecular complexity index is 450. The normalized spacial score (nSPS) is 22.4. The molecule has 0 aromatic heterocycles. The highest BCUT2D eigenvalue weighted by Crippen LogP contribution is 2.33. The maximum absolute atomic E-state index is 10.9. The summed E-state index contributed by atoms with van der Waals surface area (Å²) in [6.07, 6.45) is 3.48. The summed E-state index contributed by atoms with van der Waals surface area (Å²) in [4.78, 5) is 12.8. The minimum atomic E-state index is -0.341. The predicted molar refractivity (Wildman–Crippen MR) is 76.3 cm³/mol. The summed E-state index contributed by atoms with van der Waals surface area (Å²) in [5, 5.41) is 10.9. The van der Waals surface area contributed by atoms with E-state index in [1.54, 1.807) is 12.1 Å². The summed E-state index contributed by atoms with van der Waals surface area (Å²) in [5.41, 5.74) is 6.92. The number of hydrogen-bond acceptors (Lipinski definition) is 4. The van der Waals surface area contributed by atoms with Gasteiger partial charge in [-0.1, -0.05) is 12.5 Å². The molecule has 0 amide bonds. The van der Waals surface area contributed by atoms with E-state index < -0.39 is 0 Å². The van der Waals surface area contributed by atoms with E-state index >= 15 is 0 Å². The van der Waals surface area contributed by atoms with Crippen molar-refractivity contribution in [1.29, 1.82) is 0 Å². The molecule has 1 aliphatic rings. The molecule has 0 heterocycles. The minimum Gasteiger partial charge on any atom is -0.368 e. The molecular weight excluding hydrogens is 242 g/mol. The van der Waals surface area contributed by atoms with Crippen LogP contribution in [0.25, 0.3) is 0 Å². The molecule has 2 unspecified atom stereocenters. The Kier molecular flexibility index (Phi) is 4.37. The summed E-state index contributed by atoms with van der Waals surface area (Å²) in [6, 6.07) is 7.31. The first-order chi connectivity index (χ1) is 9.17. The molecule has 2 rings (SSSR count). The summed E-state index contributed by atoms with van der Waals surface area (Å²) in [5.74, 6) is 0.499. The van der Waals surface area contributed by atoms with Crippen molar-refractivity contribution >= 4 is 11.4 Å². The van der Waals surface area contributed by atoms with Gasteiger partial charge in [0, 0.05) is 30.4 Å². The largest absolute Gasteiger partial charge is 0.368 e. The third-order valence-corrected chi connectivity index (χ3v) is 4.03. The van der Waals surface area contributed by atoms with E-state index in [2.05, 4.69) is 11.8 Å². The van der Waals surface area contributed by atoms with Crippen LogP contribution in [0.4, 0.5) is 11.4 Å². The quantitative estimate of drug-likeness (QED) is 0.654. The standard InChI is InChI=1S/C14H21N3O2/c1-2-16(14-8-3-5-11(14)10-15)12-6-4-7-13(9-12)17(18)19/h4,6-7,9,11,14H,2-3,5,8,10,15H2,1H3. The molecule has 0 aliphatic heterocycles. The molecule has 0 saturated heterocycles. The molecule has 2 N–H and O–H groups in total. The lowest BCUT2D eigenvalue weighted by atomic mass is 10.0. The molecule has 1 aliphatic carbocycles. The molecule has 1 saturated carbocycles. The number of hydrogen-bond donors (Lipinski definition) is 1. The Morgan fingerprint density at radius 2 is 2.26 bits per heavy atom. The van der Waals surface area contributed by atoms with Crippen molar-refractivity contribution in [2.24, 2.45) is 11.7 Å². The summed E-state index contributed by atoms with van der Waals surface area (Å²) in [6.45, 7) is 3.63. The van der Waals surface area contributed by atoms with Gasteiger partial charge in [0.25, 0.3) is 5.69 Å². The average molecular weight is 263 g/mol. The van der Waals surface area contributed by atoms with Crippen LogP contribution in [0.2, 0.25) is 0 Å². The Hall–Kier alpha value is -1.62. The fourth-order valence-corrected chi connectivity index (χ4v) is 3.10.